The Hall–Kier alpha value is -2.20. The number of fused-ring (bicyclic) bond motifs is 1. The summed E-state index contributed by atoms with van der Waals surface area (Å²) in [6, 6.07) is 10.1. The van der Waals surface area contributed by atoms with E-state index in [2.05, 4.69) is 4.98 Å². The van der Waals surface area contributed by atoms with E-state index in [0.717, 1.165) is 0 Å². The van der Waals surface area contributed by atoms with Gasteiger partial charge in [-0.2, -0.15) is 0 Å². The molecule has 2 aromatic carbocycles. The molecular formula is C15H13FN2O. The monoisotopic (exact) mass is 256 g/mol. The minimum absolute atomic E-state index is 0.286. The fourth-order valence-corrected chi connectivity index (χ4v) is 2.30. The van der Waals surface area contributed by atoms with E-state index in [-0.39, 0.29) is 5.82 Å². The molecule has 0 aliphatic heterocycles. The minimum atomic E-state index is -0.870. The molecule has 1 N–H and O–H groups in total. The molecule has 4 heteroatoms. The zero-order valence-electron chi connectivity index (χ0n) is 10.4. The Morgan fingerprint density at radius 1 is 1.16 bits per heavy atom. The smallest absolute Gasteiger partial charge is 0.142 e. The molecule has 1 aromatic heterocycles. The molecule has 1 heterocycles. The number of aryl methyl sites for hydroxylation is 1. The van der Waals surface area contributed by atoms with Crippen molar-refractivity contribution in [3.63, 3.8) is 0 Å². The van der Waals surface area contributed by atoms with Gasteiger partial charge in [0.05, 0.1) is 0 Å². The first-order valence-electron chi connectivity index (χ1n) is 6.01. The Morgan fingerprint density at radius 3 is 2.58 bits per heavy atom. The number of aliphatic hydroxyl groups is 1. The van der Waals surface area contributed by atoms with Crippen LogP contribution in [-0.4, -0.2) is 14.7 Å². The quantitative estimate of drug-likeness (QED) is 0.765. The van der Waals surface area contributed by atoms with Crippen LogP contribution in [0.1, 0.15) is 17.5 Å². The van der Waals surface area contributed by atoms with Crippen LogP contribution in [0.3, 0.4) is 0 Å². The number of aromatic nitrogens is 2. The van der Waals surface area contributed by atoms with Crippen LogP contribution in [0.25, 0.3) is 10.8 Å². The van der Waals surface area contributed by atoms with Crippen molar-refractivity contribution in [2.24, 2.45) is 7.05 Å². The summed E-state index contributed by atoms with van der Waals surface area (Å²) >= 11 is 0. The van der Waals surface area contributed by atoms with Gasteiger partial charge in [-0.05, 0) is 17.0 Å². The van der Waals surface area contributed by atoms with Gasteiger partial charge in [0.25, 0.3) is 0 Å². The second-order valence-corrected chi connectivity index (χ2v) is 4.48. The highest BCUT2D eigenvalue weighted by molar-refractivity contribution is 5.86. The van der Waals surface area contributed by atoms with E-state index in [0.29, 0.717) is 22.2 Å². The average Bonchev–Trinajstić information content (AvgIpc) is 2.85. The van der Waals surface area contributed by atoms with Gasteiger partial charge in [0.1, 0.15) is 17.7 Å². The lowest BCUT2D eigenvalue weighted by Gasteiger charge is -2.14. The van der Waals surface area contributed by atoms with Gasteiger partial charge in [0.15, 0.2) is 0 Å². The molecule has 1 unspecified atom stereocenters. The number of benzene rings is 2. The van der Waals surface area contributed by atoms with E-state index in [9.17, 15) is 9.50 Å². The molecular weight excluding hydrogens is 243 g/mol. The summed E-state index contributed by atoms with van der Waals surface area (Å²) in [4.78, 5) is 4.14. The molecule has 0 aliphatic rings. The third kappa shape index (κ3) is 1.90. The number of nitrogens with zero attached hydrogens (tertiary/aromatic N) is 2. The number of hydrogen-bond donors (Lipinski definition) is 1. The van der Waals surface area contributed by atoms with Gasteiger partial charge in [-0.15, -0.1) is 0 Å². The number of rotatable bonds is 2. The van der Waals surface area contributed by atoms with Gasteiger partial charge < -0.3 is 9.67 Å². The SMILES string of the molecule is Cn1ccnc1C(O)c1ccc(F)c2ccccc12. The molecule has 3 nitrogen and oxygen atoms in total. The molecule has 96 valence electrons. The zero-order valence-corrected chi connectivity index (χ0v) is 10.4. The van der Waals surface area contributed by atoms with Crippen LogP contribution >= 0.6 is 0 Å². The summed E-state index contributed by atoms with van der Waals surface area (Å²) in [5, 5.41) is 11.7. The summed E-state index contributed by atoms with van der Waals surface area (Å²) in [5.74, 6) is 0.253. The van der Waals surface area contributed by atoms with Gasteiger partial charge in [-0.1, -0.05) is 30.3 Å². The van der Waals surface area contributed by atoms with Crippen LogP contribution in [0.5, 0.6) is 0 Å². The first-order chi connectivity index (χ1) is 9.18. The molecule has 0 saturated heterocycles. The van der Waals surface area contributed by atoms with Crippen LogP contribution in [0.4, 0.5) is 4.39 Å². The lowest BCUT2D eigenvalue weighted by molar-refractivity contribution is 0.207. The van der Waals surface area contributed by atoms with E-state index in [1.165, 1.54) is 6.07 Å². The average molecular weight is 256 g/mol. The fourth-order valence-electron chi connectivity index (χ4n) is 2.30. The van der Waals surface area contributed by atoms with Crippen molar-refractivity contribution in [3.05, 3.63) is 66.0 Å². The minimum Gasteiger partial charge on any atom is -0.380 e. The van der Waals surface area contributed by atoms with Crippen molar-refractivity contribution in [3.8, 4) is 0 Å². The van der Waals surface area contributed by atoms with Crippen molar-refractivity contribution in [2.75, 3.05) is 0 Å². The maximum Gasteiger partial charge on any atom is 0.142 e. The lowest BCUT2D eigenvalue weighted by Crippen LogP contribution is -2.07. The van der Waals surface area contributed by atoms with Gasteiger partial charge in [-0.3, -0.25) is 0 Å². The standard InChI is InChI=1S/C15H13FN2O/c1-18-9-8-17-15(18)14(19)12-6-7-13(16)11-5-3-2-4-10(11)12/h2-9,14,19H,1H3. The Kier molecular flexibility index (Phi) is 2.80. The second-order valence-electron chi connectivity index (χ2n) is 4.48. The van der Waals surface area contributed by atoms with Crippen molar-refractivity contribution in [1.29, 1.82) is 0 Å². The summed E-state index contributed by atoms with van der Waals surface area (Å²) < 4.78 is 15.5. The van der Waals surface area contributed by atoms with Gasteiger partial charge in [-0.25, -0.2) is 9.37 Å². The number of halogens is 1. The van der Waals surface area contributed by atoms with Crippen LogP contribution in [-0.2, 0) is 7.05 Å². The second kappa shape index (κ2) is 4.48. The Balaban J connectivity index is 2.21. The maximum atomic E-state index is 13.7. The normalized spacial score (nSPS) is 12.8. The van der Waals surface area contributed by atoms with Crippen LogP contribution < -0.4 is 0 Å². The molecule has 0 saturated carbocycles. The van der Waals surface area contributed by atoms with Crippen LogP contribution in [0.2, 0.25) is 0 Å². The summed E-state index contributed by atoms with van der Waals surface area (Å²) in [5.41, 5.74) is 0.659. The van der Waals surface area contributed by atoms with E-state index >= 15 is 0 Å². The first kappa shape index (κ1) is 11.9. The largest absolute Gasteiger partial charge is 0.380 e. The third-order valence-corrected chi connectivity index (χ3v) is 3.30. The molecule has 0 spiro atoms. The number of imidazole rings is 1. The van der Waals surface area contributed by atoms with Gasteiger partial charge in [0.2, 0.25) is 0 Å². The van der Waals surface area contributed by atoms with E-state index in [1.54, 1.807) is 41.2 Å². The lowest BCUT2D eigenvalue weighted by atomic mass is 9.99. The van der Waals surface area contributed by atoms with Crippen molar-refractivity contribution in [2.45, 2.75) is 6.10 Å². The number of hydrogen-bond acceptors (Lipinski definition) is 2. The Morgan fingerprint density at radius 2 is 1.89 bits per heavy atom. The molecule has 0 amide bonds. The van der Waals surface area contributed by atoms with E-state index in [1.807, 2.05) is 13.1 Å². The highest BCUT2D eigenvalue weighted by Crippen LogP contribution is 2.29. The van der Waals surface area contributed by atoms with Gasteiger partial charge in [0, 0.05) is 24.8 Å². The highest BCUT2D eigenvalue weighted by Gasteiger charge is 2.18. The first-order valence-corrected chi connectivity index (χ1v) is 6.01. The zero-order chi connectivity index (χ0) is 13.4. The summed E-state index contributed by atoms with van der Waals surface area (Å²) in [6.07, 6.45) is 2.53. The topological polar surface area (TPSA) is 38.0 Å². The molecule has 3 rings (SSSR count). The van der Waals surface area contributed by atoms with Crippen LogP contribution in [0.15, 0.2) is 48.8 Å². The summed E-state index contributed by atoms with van der Waals surface area (Å²) in [6.45, 7) is 0. The third-order valence-electron chi connectivity index (χ3n) is 3.30. The number of aliphatic hydroxyl groups excluding tert-OH is 1. The van der Waals surface area contributed by atoms with Crippen molar-refractivity contribution in [1.82, 2.24) is 9.55 Å². The summed E-state index contributed by atoms with van der Waals surface area (Å²) in [7, 11) is 1.82. The fraction of sp³-hybridized carbons (Fsp3) is 0.133. The molecule has 1 atom stereocenters. The van der Waals surface area contributed by atoms with E-state index in [4.69, 9.17) is 0 Å². The molecule has 3 aromatic rings. The maximum absolute atomic E-state index is 13.7. The highest BCUT2D eigenvalue weighted by atomic mass is 19.1. The van der Waals surface area contributed by atoms with Crippen molar-refractivity contribution < 1.29 is 9.50 Å². The van der Waals surface area contributed by atoms with Crippen molar-refractivity contribution >= 4 is 10.8 Å². The predicted molar refractivity (Wildman–Crippen MR) is 71.2 cm³/mol. The predicted octanol–water partition coefficient (Wildman–Crippen LogP) is 2.79. The molecule has 0 radical (unpaired) electrons. The Bertz CT molecular complexity index is 736. The molecule has 0 fully saturated rings. The van der Waals surface area contributed by atoms with E-state index < -0.39 is 6.10 Å². The van der Waals surface area contributed by atoms with Crippen LogP contribution in [0, 0.1) is 5.82 Å². The van der Waals surface area contributed by atoms with Gasteiger partial charge >= 0.3 is 0 Å². The Labute approximate surface area is 109 Å². The molecule has 19 heavy (non-hydrogen) atoms. The molecule has 0 bridgehead atoms. The molecule has 0 aliphatic carbocycles.